The van der Waals surface area contributed by atoms with E-state index in [2.05, 4.69) is 5.32 Å². The highest BCUT2D eigenvalue weighted by atomic mass is 32.1. The second kappa shape index (κ2) is 8.94. The van der Waals surface area contributed by atoms with E-state index in [9.17, 15) is 9.59 Å². The molecule has 1 atom stereocenters. The molecule has 0 spiro atoms. The predicted octanol–water partition coefficient (Wildman–Crippen LogP) is 6.02. The number of nitrogens with zero attached hydrogens (tertiary/aromatic N) is 1. The van der Waals surface area contributed by atoms with Gasteiger partial charge >= 0.3 is 5.97 Å². The molecule has 168 valence electrons. The summed E-state index contributed by atoms with van der Waals surface area (Å²) in [4.78, 5) is 32.2. The minimum Gasteiger partial charge on any atom is -0.443 e. The number of ether oxygens (including phenoxy) is 1. The molecule has 33 heavy (non-hydrogen) atoms. The van der Waals surface area contributed by atoms with Crippen LogP contribution in [-0.2, 0) is 9.53 Å². The van der Waals surface area contributed by atoms with Gasteiger partial charge in [0.2, 0.25) is 6.10 Å². The first-order valence-corrected chi connectivity index (χ1v) is 12.2. The van der Waals surface area contributed by atoms with Crippen molar-refractivity contribution in [1.82, 2.24) is 10.3 Å². The Morgan fingerprint density at radius 1 is 0.970 bits per heavy atom. The van der Waals surface area contributed by atoms with E-state index in [1.165, 1.54) is 11.3 Å². The van der Waals surface area contributed by atoms with Crippen molar-refractivity contribution in [1.29, 1.82) is 0 Å². The molecule has 5 nitrogen and oxygen atoms in total. The Morgan fingerprint density at radius 3 is 2.45 bits per heavy atom. The van der Waals surface area contributed by atoms with E-state index in [1.54, 1.807) is 6.07 Å². The quantitative estimate of drug-likeness (QED) is 0.371. The lowest BCUT2D eigenvalue weighted by Gasteiger charge is -2.20. The number of pyridine rings is 1. The number of thiophene rings is 1. The second-order valence-electron chi connectivity index (χ2n) is 8.88. The van der Waals surface area contributed by atoms with E-state index < -0.39 is 12.1 Å². The Balaban J connectivity index is 1.43. The number of esters is 1. The van der Waals surface area contributed by atoms with Crippen molar-refractivity contribution in [2.45, 2.75) is 51.7 Å². The molecule has 0 unspecified atom stereocenters. The summed E-state index contributed by atoms with van der Waals surface area (Å²) in [6.45, 7) is 4.02. The van der Waals surface area contributed by atoms with Gasteiger partial charge in [0.25, 0.3) is 5.91 Å². The fraction of sp³-hybridized carbons (Fsp3) is 0.296. The highest BCUT2D eigenvalue weighted by Gasteiger charge is 2.29. The van der Waals surface area contributed by atoms with E-state index >= 15 is 0 Å². The zero-order valence-electron chi connectivity index (χ0n) is 18.8. The zero-order valence-corrected chi connectivity index (χ0v) is 19.6. The number of rotatable bonds is 5. The molecule has 1 fully saturated rings. The summed E-state index contributed by atoms with van der Waals surface area (Å²) < 4.78 is 5.81. The number of hydrogen-bond donors (Lipinski definition) is 1. The van der Waals surface area contributed by atoms with Crippen LogP contribution in [0.25, 0.3) is 21.1 Å². The Hall–Kier alpha value is -3.25. The SMILES string of the molecule is Cc1ccc([C@@H](OC(=O)c2cc3cc4ccc(C)cc4nc3s2)C(=O)NC2CCCC2)cc1. The van der Waals surface area contributed by atoms with Gasteiger partial charge in [-0.15, -0.1) is 11.3 Å². The van der Waals surface area contributed by atoms with Gasteiger partial charge < -0.3 is 10.1 Å². The molecule has 1 aliphatic rings. The summed E-state index contributed by atoms with van der Waals surface area (Å²) in [5.74, 6) is -0.773. The van der Waals surface area contributed by atoms with Crippen LogP contribution in [0.2, 0.25) is 0 Å². The Morgan fingerprint density at radius 2 is 1.70 bits per heavy atom. The van der Waals surface area contributed by atoms with E-state index in [4.69, 9.17) is 9.72 Å². The van der Waals surface area contributed by atoms with Crippen LogP contribution in [-0.4, -0.2) is 22.9 Å². The molecule has 1 amide bonds. The normalized spacial score (nSPS) is 15.1. The number of benzene rings is 2. The van der Waals surface area contributed by atoms with Crippen molar-refractivity contribution in [3.63, 3.8) is 0 Å². The number of nitrogens with one attached hydrogen (secondary N) is 1. The maximum Gasteiger partial charge on any atom is 0.349 e. The van der Waals surface area contributed by atoms with Crippen molar-refractivity contribution in [2.75, 3.05) is 0 Å². The van der Waals surface area contributed by atoms with Gasteiger partial charge in [-0.25, -0.2) is 9.78 Å². The molecule has 1 saturated carbocycles. The van der Waals surface area contributed by atoms with Gasteiger partial charge in [-0.1, -0.05) is 54.8 Å². The van der Waals surface area contributed by atoms with E-state index in [1.807, 2.05) is 62.4 Å². The van der Waals surface area contributed by atoms with E-state index in [0.29, 0.717) is 10.4 Å². The predicted molar refractivity (Wildman–Crippen MR) is 132 cm³/mol. The number of hydrogen-bond acceptors (Lipinski definition) is 5. The van der Waals surface area contributed by atoms with Gasteiger partial charge in [0.05, 0.1) is 5.52 Å². The van der Waals surface area contributed by atoms with Crippen LogP contribution in [0.4, 0.5) is 0 Å². The third-order valence-electron chi connectivity index (χ3n) is 6.20. The van der Waals surface area contributed by atoms with Crippen LogP contribution in [0, 0.1) is 13.8 Å². The smallest absolute Gasteiger partial charge is 0.349 e. The van der Waals surface area contributed by atoms with Crippen molar-refractivity contribution in [2.24, 2.45) is 0 Å². The topological polar surface area (TPSA) is 68.3 Å². The molecule has 1 aliphatic carbocycles. The van der Waals surface area contributed by atoms with Crippen LogP contribution in [0.3, 0.4) is 0 Å². The van der Waals surface area contributed by atoms with Gasteiger partial charge in [-0.05, 0) is 50.5 Å². The van der Waals surface area contributed by atoms with Gasteiger partial charge in [-0.2, -0.15) is 0 Å². The fourth-order valence-corrected chi connectivity index (χ4v) is 5.27. The first-order valence-electron chi connectivity index (χ1n) is 11.4. The molecule has 0 bridgehead atoms. The molecule has 1 N–H and O–H groups in total. The highest BCUT2D eigenvalue weighted by Crippen LogP contribution is 2.30. The Labute approximate surface area is 196 Å². The number of fused-ring (bicyclic) bond motifs is 2. The van der Waals surface area contributed by atoms with Crippen molar-refractivity contribution in [3.05, 3.63) is 76.2 Å². The first kappa shape index (κ1) is 21.6. The fourth-order valence-electron chi connectivity index (χ4n) is 4.36. The summed E-state index contributed by atoms with van der Waals surface area (Å²) in [6, 6.07) is 17.7. The molecule has 0 radical (unpaired) electrons. The molecule has 5 rings (SSSR count). The number of carbonyl (C=O) groups excluding carboxylic acids is 2. The van der Waals surface area contributed by atoms with Crippen molar-refractivity contribution < 1.29 is 14.3 Å². The molecule has 2 aromatic heterocycles. The third-order valence-corrected chi connectivity index (χ3v) is 7.23. The largest absolute Gasteiger partial charge is 0.443 e. The molecule has 6 heteroatoms. The number of aromatic nitrogens is 1. The average molecular weight is 459 g/mol. The lowest BCUT2D eigenvalue weighted by atomic mass is 10.1. The molecular weight excluding hydrogens is 432 g/mol. The summed E-state index contributed by atoms with van der Waals surface area (Å²) in [5.41, 5.74) is 3.79. The van der Waals surface area contributed by atoms with E-state index in [-0.39, 0.29) is 11.9 Å². The lowest BCUT2D eigenvalue weighted by Crippen LogP contribution is -2.38. The second-order valence-corrected chi connectivity index (χ2v) is 9.91. The van der Waals surface area contributed by atoms with Gasteiger partial charge in [0.15, 0.2) is 0 Å². The minimum absolute atomic E-state index is 0.147. The van der Waals surface area contributed by atoms with Crippen LogP contribution < -0.4 is 5.32 Å². The monoisotopic (exact) mass is 458 g/mol. The van der Waals surface area contributed by atoms with Crippen molar-refractivity contribution >= 4 is 44.3 Å². The van der Waals surface area contributed by atoms with Gasteiger partial charge in [0, 0.05) is 22.4 Å². The Kier molecular flexibility index (Phi) is 5.85. The van der Waals surface area contributed by atoms with Crippen LogP contribution in [0.5, 0.6) is 0 Å². The Bertz CT molecular complexity index is 1340. The molecule has 2 heterocycles. The van der Waals surface area contributed by atoms with Crippen LogP contribution >= 0.6 is 11.3 Å². The summed E-state index contributed by atoms with van der Waals surface area (Å²) >= 11 is 1.29. The molecular formula is C27H26N2O3S. The maximum atomic E-state index is 13.1. The van der Waals surface area contributed by atoms with Crippen molar-refractivity contribution in [3.8, 4) is 0 Å². The third kappa shape index (κ3) is 4.62. The first-order chi connectivity index (χ1) is 16.0. The lowest BCUT2D eigenvalue weighted by molar-refractivity contribution is -0.131. The zero-order chi connectivity index (χ0) is 22.9. The summed E-state index contributed by atoms with van der Waals surface area (Å²) in [5, 5.41) is 5.00. The molecule has 0 saturated heterocycles. The number of carbonyl (C=O) groups is 2. The van der Waals surface area contributed by atoms with E-state index in [0.717, 1.165) is 57.9 Å². The van der Waals surface area contributed by atoms with Crippen LogP contribution in [0.1, 0.15) is 58.1 Å². The number of amides is 1. The summed E-state index contributed by atoms with van der Waals surface area (Å²) in [7, 11) is 0. The summed E-state index contributed by atoms with van der Waals surface area (Å²) in [6.07, 6.45) is 3.18. The molecule has 0 aliphatic heterocycles. The highest BCUT2D eigenvalue weighted by molar-refractivity contribution is 7.20. The maximum absolute atomic E-state index is 13.1. The molecule has 2 aromatic carbocycles. The minimum atomic E-state index is -0.987. The number of aryl methyl sites for hydroxylation is 2. The standard InChI is InChI=1S/C27H26N2O3S/c1-16-7-10-18(11-8-16)24(25(30)28-21-5-3-4-6-21)32-27(31)23-15-20-14-19-12-9-17(2)13-22(19)29-26(20)33-23/h7-15,21,24H,3-6H2,1-2H3,(H,28,30)/t24-/m1/s1. The van der Waals surface area contributed by atoms with Gasteiger partial charge in [-0.3, -0.25) is 4.79 Å². The molecule has 4 aromatic rings. The average Bonchev–Trinajstić information content (AvgIpc) is 3.46. The van der Waals surface area contributed by atoms with Crippen LogP contribution in [0.15, 0.2) is 54.6 Å². The van der Waals surface area contributed by atoms with Gasteiger partial charge in [0.1, 0.15) is 9.71 Å².